The van der Waals surface area contributed by atoms with Crippen molar-refractivity contribution in [3.63, 3.8) is 0 Å². The fourth-order valence-corrected chi connectivity index (χ4v) is 5.16. The van der Waals surface area contributed by atoms with Crippen molar-refractivity contribution < 1.29 is 9.53 Å². The maximum atomic E-state index is 11.9. The third-order valence-corrected chi connectivity index (χ3v) is 7.04. The summed E-state index contributed by atoms with van der Waals surface area (Å²) < 4.78 is 7.68. The van der Waals surface area contributed by atoms with E-state index in [9.17, 15) is 4.79 Å². The lowest BCUT2D eigenvalue weighted by molar-refractivity contribution is -0.114. The van der Waals surface area contributed by atoms with Gasteiger partial charge in [0.05, 0.1) is 24.5 Å². The molecular weight excluding hydrogens is 482 g/mol. The molecule has 3 heterocycles. The maximum Gasteiger partial charge on any atom is 0.221 e. The van der Waals surface area contributed by atoms with E-state index < -0.39 is 0 Å². The van der Waals surface area contributed by atoms with Gasteiger partial charge >= 0.3 is 0 Å². The van der Waals surface area contributed by atoms with Gasteiger partial charge in [0.1, 0.15) is 11.8 Å². The molecule has 1 saturated heterocycles. The molecule has 8 heteroatoms. The van der Waals surface area contributed by atoms with E-state index in [1.165, 1.54) is 18.1 Å². The summed E-state index contributed by atoms with van der Waals surface area (Å²) in [4.78, 5) is 18.6. The molecule has 188 valence electrons. The van der Waals surface area contributed by atoms with Gasteiger partial charge < -0.3 is 24.8 Å². The number of rotatable bonds is 6. The predicted octanol–water partition coefficient (Wildman–Crippen LogP) is 5.63. The van der Waals surface area contributed by atoms with Crippen LogP contribution in [0.1, 0.15) is 41.5 Å². The number of pyridine rings is 1. The smallest absolute Gasteiger partial charge is 0.221 e. The van der Waals surface area contributed by atoms with Gasteiger partial charge in [0.25, 0.3) is 0 Å². The van der Waals surface area contributed by atoms with E-state index in [1.807, 2.05) is 36.4 Å². The van der Waals surface area contributed by atoms with Crippen molar-refractivity contribution >= 4 is 34.6 Å². The summed E-state index contributed by atoms with van der Waals surface area (Å²) in [5.74, 6) is 0.400. The van der Waals surface area contributed by atoms with E-state index in [0.29, 0.717) is 16.5 Å². The number of thiocarbonyl (C=S) groups is 1. The van der Waals surface area contributed by atoms with Crippen molar-refractivity contribution in [3.8, 4) is 11.4 Å². The zero-order chi connectivity index (χ0) is 26.1. The third-order valence-electron chi connectivity index (χ3n) is 6.72. The lowest BCUT2D eigenvalue weighted by atomic mass is 10.0. The average Bonchev–Trinajstić information content (AvgIpc) is 3.50. The number of hydrogen-bond acceptors (Lipinski definition) is 4. The van der Waals surface area contributed by atoms with E-state index in [4.69, 9.17) is 17.0 Å². The Labute approximate surface area is 222 Å². The second-order valence-corrected chi connectivity index (χ2v) is 9.52. The Morgan fingerprint density at radius 1 is 1.03 bits per heavy atom. The molecule has 0 spiro atoms. The molecule has 1 aliphatic rings. The zero-order valence-electron chi connectivity index (χ0n) is 21.2. The van der Waals surface area contributed by atoms with Crippen molar-refractivity contribution in [1.82, 2.24) is 14.9 Å². The molecule has 4 aromatic rings. The van der Waals surface area contributed by atoms with Gasteiger partial charge in [-0.1, -0.05) is 12.1 Å². The molecule has 37 heavy (non-hydrogen) atoms. The van der Waals surface area contributed by atoms with Crippen molar-refractivity contribution in [2.45, 2.75) is 32.9 Å². The molecule has 1 fully saturated rings. The Kier molecular flexibility index (Phi) is 6.67. The van der Waals surface area contributed by atoms with Gasteiger partial charge in [-0.2, -0.15) is 0 Å². The highest BCUT2D eigenvalue weighted by Gasteiger charge is 2.42. The number of methoxy groups -OCH3 is 1. The maximum absolute atomic E-state index is 11.9. The summed E-state index contributed by atoms with van der Waals surface area (Å²) in [5.41, 5.74) is 6.92. The van der Waals surface area contributed by atoms with Crippen molar-refractivity contribution in [1.29, 1.82) is 0 Å². The van der Waals surface area contributed by atoms with Gasteiger partial charge in [0.15, 0.2) is 5.11 Å². The van der Waals surface area contributed by atoms with Gasteiger partial charge in [-0.15, -0.1) is 0 Å². The van der Waals surface area contributed by atoms with E-state index in [-0.39, 0.29) is 18.0 Å². The van der Waals surface area contributed by atoms with E-state index >= 15 is 0 Å². The van der Waals surface area contributed by atoms with Gasteiger partial charge in [-0.3, -0.25) is 9.78 Å². The number of anilines is 2. The summed E-state index contributed by atoms with van der Waals surface area (Å²) in [7, 11) is 1.58. The molecule has 0 bridgehead atoms. The number of hydrogen-bond donors (Lipinski definition) is 2. The first kappa shape index (κ1) is 24.5. The fraction of sp³-hybridized carbons (Fsp3) is 0.207. The van der Waals surface area contributed by atoms with Crippen LogP contribution in [0.3, 0.4) is 0 Å². The highest BCUT2D eigenvalue weighted by atomic mass is 32.1. The minimum absolute atomic E-state index is 0.177. The number of carbonyl (C=O) groups is 1. The van der Waals surface area contributed by atoms with Crippen LogP contribution in [0, 0.1) is 13.8 Å². The minimum Gasteiger partial charge on any atom is -0.495 e. The van der Waals surface area contributed by atoms with Crippen LogP contribution in [0.2, 0.25) is 0 Å². The molecule has 2 aromatic carbocycles. The lowest BCUT2D eigenvalue weighted by Gasteiger charge is -2.29. The van der Waals surface area contributed by atoms with Gasteiger partial charge in [-0.05, 0) is 91.8 Å². The number of carbonyl (C=O) groups excluding carboxylic acids is 1. The molecule has 0 saturated carbocycles. The van der Waals surface area contributed by atoms with Crippen LogP contribution in [-0.2, 0) is 4.79 Å². The Morgan fingerprint density at radius 3 is 2.54 bits per heavy atom. The van der Waals surface area contributed by atoms with Gasteiger partial charge in [-0.25, -0.2) is 0 Å². The Bertz CT molecular complexity index is 1470. The number of aryl methyl sites for hydroxylation is 2. The normalized spacial score (nSPS) is 17.0. The second-order valence-electron chi connectivity index (χ2n) is 9.13. The van der Waals surface area contributed by atoms with Crippen LogP contribution in [0.15, 0.2) is 79.1 Å². The van der Waals surface area contributed by atoms with Crippen LogP contribution in [0.4, 0.5) is 11.4 Å². The second kappa shape index (κ2) is 10.1. The lowest BCUT2D eigenvalue weighted by Crippen LogP contribution is -2.30. The first-order valence-electron chi connectivity index (χ1n) is 12.1. The van der Waals surface area contributed by atoms with Crippen LogP contribution in [0.25, 0.3) is 5.69 Å². The molecule has 0 radical (unpaired) electrons. The largest absolute Gasteiger partial charge is 0.495 e. The molecule has 1 aliphatic heterocycles. The van der Waals surface area contributed by atoms with Crippen LogP contribution >= 0.6 is 12.2 Å². The molecule has 5 rings (SSSR count). The summed E-state index contributed by atoms with van der Waals surface area (Å²) in [6, 6.07) is 21.8. The predicted molar refractivity (Wildman–Crippen MR) is 150 cm³/mol. The minimum atomic E-state index is -0.211. The highest BCUT2D eigenvalue weighted by molar-refractivity contribution is 7.80. The van der Waals surface area contributed by atoms with Crippen molar-refractivity contribution in [3.05, 3.63) is 102 Å². The first-order valence-corrected chi connectivity index (χ1v) is 12.5. The SMILES string of the molecule is COc1ccc(N2C(=S)N[C@H](c3ccccn3)[C@@H]2c2cccn2-c2ccc(C)c(C)c2)cc1NC(C)=O. The number of nitrogens with one attached hydrogen (secondary N) is 2. The monoisotopic (exact) mass is 511 g/mol. The molecule has 0 aliphatic carbocycles. The molecular formula is C29H29N5O2S. The molecule has 2 atom stereocenters. The molecule has 0 unspecified atom stereocenters. The number of aromatic nitrogens is 2. The third kappa shape index (κ3) is 4.68. The molecule has 2 N–H and O–H groups in total. The number of benzene rings is 2. The van der Waals surface area contributed by atoms with E-state index in [1.54, 1.807) is 13.3 Å². The van der Waals surface area contributed by atoms with E-state index in [2.05, 4.69) is 75.5 Å². The average molecular weight is 512 g/mol. The summed E-state index contributed by atoms with van der Waals surface area (Å²) >= 11 is 5.90. The summed E-state index contributed by atoms with van der Waals surface area (Å²) in [5, 5.41) is 6.96. The number of amides is 1. The summed E-state index contributed by atoms with van der Waals surface area (Å²) in [6.07, 6.45) is 3.87. The fourth-order valence-electron chi connectivity index (χ4n) is 4.81. The Balaban J connectivity index is 1.67. The standard InChI is InChI=1S/C29H29N5O2S/c1-18-10-11-21(16-19(18)2)33-15-7-9-25(33)28-27(23-8-5-6-14-30-23)32-29(37)34(28)22-12-13-26(36-4)24(17-22)31-20(3)35/h5-17,27-28H,1-4H3,(H,31,35)(H,32,37)/t27-,28+/m1/s1. The molecule has 7 nitrogen and oxygen atoms in total. The van der Waals surface area contributed by atoms with Crippen molar-refractivity contribution in [2.24, 2.45) is 0 Å². The first-order chi connectivity index (χ1) is 17.9. The van der Waals surface area contributed by atoms with E-state index in [0.717, 1.165) is 22.8 Å². The van der Waals surface area contributed by atoms with Gasteiger partial charge in [0.2, 0.25) is 5.91 Å². The van der Waals surface area contributed by atoms with Gasteiger partial charge in [0, 0.05) is 36.4 Å². The van der Waals surface area contributed by atoms with Crippen LogP contribution in [-0.4, -0.2) is 27.7 Å². The van der Waals surface area contributed by atoms with Crippen LogP contribution < -0.4 is 20.3 Å². The van der Waals surface area contributed by atoms with Crippen molar-refractivity contribution in [2.75, 3.05) is 17.3 Å². The number of ether oxygens (including phenoxy) is 1. The topological polar surface area (TPSA) is 71.4 Å². The molecule has 2 aromatic heterocycles. The molecule has 1 amide bonds. The highest BCUT2D eigenvalue weighted by Crippen LogP contribution is 2.43. The quantitative estimate of drug-likeness (QED) is 0.327. The number of nitrogens with zero attached hydrogens (tertiary/aromatic N) is 3. The van der Waals surface area contributed by atoms with Crippen LogP contribution in [0.5, 0.6) is 5.75 Å². The zero-order valence-corrected chi connectivity index (χ0v) is 22.0. The summed E-state index contributed by atoms with van der Waals surface area (Å²) in [6.45, 7) is 5.72. The Morgan fingerprint density at radius 2 is 1.84 bits per heavy atom. The Hall–Kier alpha value is -4.17.